The maximum atomic E-state index is 13.4. The molecule has 1 unspecified atom stereocenters. The number of amides is 1. The van der Waals surface area contributed by atoms with Crippen molar-refractivity contribution in [1.82, 2.24) is 5.32 Å². The standard InChI is InChI=1S/C23H32F6N4O/c1-13(14-5-7-15(8-6-14)22(24,25)26)32-21(34)17-10-18(30)19(31-2)11-20(17)33-9-3-4-16(12-33)23(27,28)29/h10-11,13-16,31H,3-9,12,30H2,1-2H3,(H,32,34)/t13-,14?,15?,16?/m1/s1. The molecule has 2 atom stereocenters. The van der Waals surface area contributed by atoms with E-state index < -0.39 is 30.1 Å². The lowest BCUT2D eigenvalue weighted by molar-refractivity contribution is -0.184. The monoisotopic (exact) mass is 494 g/mol. The number of carbonyl (C=O) groups is 1. The molecule has 11 heteroatoms. The summed E-state index contributed by atoms with van der Waals surface area (Å²) in [7, 11) is 1.63. The average Bonchev–Trinajstić information content (AvgIpc) is 2.77. The molecule has 1 aromatic rings. The van der Waals surface area contributed by atoms with E-state index in [1.807, 2.05) is 0 Å². The first kappa shape index (κ1) is 26.3. The van der Waals surface area contributed by atoms with Crippen LogP contribution >= 0.6 is 0 Å². The van der Waals surface area contributed by atoms with E-state index >= 15 is 0 Å². The zero-order valence-corrected chi connectivity index (χ0v) is 19.3. The molecule has 5 nitrogen and oxygen atoms in total. The number of nitrogens with two attached hydrogens (primary N) is 1. The summed E-state index contributed by atoms with van der Waals surface area (Å²) in [5.74, 6) is -3.41. The van der Waals surface area contributed by atoms with Gasteiger partial charge in [-0.1, -0.05) is 0 Å². The molecule has 1 amide bonds. The maximum Gasteiger partial charge on any atom is 0.393 e. The molecule has 1 heterocycles. The Kier molecular flexibility index (Phi) is 7.82. The molecule has 2 aliphatic rings. The van der Waals surface area contributed by atoms with E-state index in [0.717, 1.165) is 0 Å². The lowest BCUT2D eigenvalue weighted by Gasteiger charge is -2.37. The number of nitrogens with zero attached hydrogens (tertiary/aromatic N) is 1. The average molecular weight is 495 g/mol. The van der Waals surface area contributed by atoms with Crippen LogP contribution in [0, 0.1) is 17.8 Å². The third-order valence-electron chi connectivity index (χ3n) is 7.21. The Bertz CT molecular complexity index is 864. The van der Waals surface area contributed by atoms with Crippen molar-refractivity contribution in [2.75, 3.05) is 36.1 Å². The van der Waals surface area contributed by atoms with Gasteiger partial charge in [-0.25, -0.2) is 0 Å². The number of nitrogens with one attached hydrogen (secondary N) is 2. The summed E-state index contributed by atoms with van der Waals surface area (Å²) in [6.45, 7) is 1.87. The highest BCUT2D eigenvalue weighted by Crippen LogP contribution is 2.41. The topological polar surface area (TPSA) is 70.4 Å². The molecule has 0 spiro atoms. The van der Waals surface area contributed by atoms with Gasteiger partial charge < -0.3 is 21.3 Å². The molecule has 1 aliphatic carbocycles. The number of piperidine rings is 1. The van der Waals surface area contributed by atoms with Crippen LogP contribution in [0.15, 0.2) is 12.1 Å². The number of alkyl halides is 6. The van der Waals surface area contributed by atoms with Crippen LogP contribution in [0.1, 0.15) is 55.8 Å². The molecule has 2 fully saturated rings. The number of carbonyl (C=O) groups excluding carboxylic acids is 1. The molecule has 0 aromatic heterocycles. The number of anilines is 3. The minimum Gasteiger partial charge on any atom is -0.397 e. The zero-order valence-electron chi connectivity index (χ0n) is 19.3. The molecular weight excluding hydrogens is 462 g/mol. The first-order valence-electron chi connectivity index (χ1n) is 11.6. The van der Waals surface area contributed by atoms with Gasteiger partial charge in [-0.3, -0.25) is 4.79 Å². The van der Waals surface area contributed by atoms with Crippen LogP contribution in [0.3, 0.4) is 0 Å². The van der Waals surface area contributed by atoms with Crippen molar-refractivity contribution in [1.29, 1.82) is 0 Å². The molecule has 0 bridgehead atoms. The van der Waals surface area contributed by atoms with Gasteiger partial charge in [-0.2, -0.15) is 26.3 Å². The van der Waals surface area contributed by atoms with Crippen LogP contribution < -0.4 is 21.3 Å². The molecule has 0 radical (unpaired) electrons. The number of hydrogen-bond acceptors (Lipinski definition) is 4. The van der Waals surface area contributed by atoms with Gasteiger partial charge in [0.25, 0.3) is 5.91 Å². The molecule has 192 valence electrons. The SMILES string of the molecule is CNc1cc(N2CCCC(C(F)(F)F)C2)c(C(=O)N[C@H](C)C2CCC(C(F)(F)F)CC2)cc1N. The van der Waals surface area contributed by atoms with Crippen molar-refractivity contribution in [2.24, 2.45) is 17.8 Å². The fourth-order valence-electron chi connectivity index (χ4n) is 5.08. The molecule has 34 heavy (non-hydrogen) atoms. The third kappa shape index (κ3) is 6.02. The van der Waals surface area contributed by atoms with Gasteiger partial charge in [0.2, 0.25) is 0 Å². The van der Waals surface area contributed by atoms with Crippen LogP contribution in [0.25, 0.3) is 0 Å². The second kappa shape index (κ2) is 10.1. The van der Waals surface area contributed by atoms with Crippen molar-refractivity contribution in [3.05, 3.63) is 17.7 Å². The highest BCUT2D eigenvalue weighted by molar-refractivity contribution is 6.02. The predicted molar refractivity (Wildman–Crippen MR) is 120 cm³/mol. The van der Waals surface area contributed by atoms with Gasteiger partial charge in [0, 0.05) is 26.2 Å². The Balaban J connectivity index is 1.78. The molecule has 1 saturated carbocycles. The Morgan fingerprint density at radius 3 is 2.21 bits per heavy atom. The lowest BCUT2D eigenvalue weighted by Crippen LogP contribution is -2.44. The van der Waals surface area contributed by atoms with Gasteiger partial charge >= 0.3 is 12.4 Å². The van der Waals surface area contributed by atoms with Crippen LogP contribution in [-0.2, 0) is 0 Å². The Labute approximate surface area is 195 Å². The minimum absolute atomic E-state index is 0.0239. The van der Waals surface area contributed by atoms with E-state index in [-0.39, 0.29) is 49.0 Å². The smallest absolute Gasteiger partial charge is 0.393 e. The predicted octanol–water partition coefficient (Wildman–Crippen LogP) is 5.58. The fourth-order valence-corrected chi connectivity index (χ4v) is 5.08. The Morgan fingerprint density at radius 1 is 1.03 bits per heavy atom. The van der Waals surface area contributed by atoms with Gasteiger partial charge in [0.05, 0.1) is 34.5 Å². The first-order valence-corrected chi connectivity index (χ1v) is 11.6. The number of halogens is 6. The third-order valence-corrected chi connectivity index (χ3v) is 7.21. The minimum atomic E-state index is -4.33. The van der Waals surface area contributed by atoms with Crippen molar-refractivity contribution in [3.63, 3.8) is 0 Å². The zero-order chi connectivity index (χ0) is 25.3. The van der Waals surface area contributed by atoms with Gasteiger partial charge in [-0.05, 0) is 63.5 Å². The van der Waals surface area contributed by atoms with Crippen molar-refractivity contribution in [3.8, 4) is 0 Å². The van der Waals surface area contributed by atoms with Gasteiger partial charge in [-0.15, -0.1) is 0 Å². The molecule has 1 saturated heterocycles. The summed E-state index contributed by atoms with van der Waals surface area (Å²) >= 11 is 0. The van der Waals surface area contributed by atoms with Crippen molar-refractivity contribution >= 4 is 23.0 Å². The summed E-state index contributed by atoms with van der Waals surface area (Å²) in [4.78, 5) is 14.8. The summed E-state index contributed by atoms with van der Waals surface area (Å²) in [5, 5.41) is 5.75. The number of hydrogen-bond donors (Lipinski definition) is 3. The first-order chi connectivity index (χ1) is 15.8. The molecule has 1 aliphatic heterocycles. The summed E-state index contributed by atoms with van der Waals surface area (Å²) < 4.78 is 79.0. The molecular formula is C23H32F6N4O. The number of benzene rings is 1. The second-order valence-electron chi connectivity index (χ2n) is 9.45. The van der Waals surface area contributed by atoms with Gasteiger partial charge in [0.15, 0.2) is 0 Å². The van der Waals surface area contributed by atoms with Crippen LogP contribution in [-0.4, -0.2) is 44.4 Å². The fraction of sp³-hybridized carbons (Fsp3) is 0.696. The lowest BCUT2D eigenvalue weighted by atomic mass is 9.78. The summed E-state index contributed by atoms with van der Waals surface area (Å²) in [6, 6.07) is 2.65. The van der Waals surface area contributed by atoms with Crippen molar-refractivity contribution in [2.45, 2.75) is 63.8 Å². The van der Waals surface area contributed by atoms with Crippen LogP contribution in [0.5, 0.6) is 0 Å². The second-order valence-corrected chi connectivity index (χ2v) is 9.45. The highest BCUT2D eigenvalue weighted by Gasteiger charge is 2.43. The Hall–Kier alpha value is -2.33. The van der Waals surface area contributed by atoms with E-state index in [1.54, 1.807) is 24.9 Å². The molecule has 3 rings (SSSR count). The molecule has 1 aromatic carbocycles. The van der Waals surface area contributed by atoms with E-state index in [9.17, 15) is 31.1 Å². The number of rotatable bonds is 5. The number of nitrogen functional groups attached to an aromatic ring is 1. The van der Waals surface area contributed by atoms with E-state index in [4.69, 9.17) is 5.73 Å². The normalized spacial score (nSPS) is 25.1. The highest BCUT2D eigenvalue weighted by atomic mass is 19.4. The quantitative estimate of drug-likeness (QED) is 0.370. The maximum absolute atomic E-state index is 13.4. The summed E-state index contributed by atoms with van der Waals surface area (Å²) in [6.07, 6.45) is -7.42. The van der Waals surface area contributed by atoms with Crippen molar-refractivity contribution < 1.29 is 31.1 Å². The van der Waals surface area contributed by atoms with Crippen LogP contribution in [0.2, 0.25) is 0 Å². The van der Waals surface area contributed by atoms with Gasteiger partial charge in [0.1, 0.15) is 0 Å². The summed E-state index contributed by atoms with van der Waals surface area (Å²) in [5.41, 5.74) is 7.34. The van der Waals surface area contributed by atoms with E-state index in [1.165, 1.54) is 6.07 Å². The van der Waals surface area contributed by atoms with Crippen LogP contribution in [0.4, 0.5) is 43.4 Å². The largest absolute Gasteiger partial charge is 0.397 e. The Morgan fingerprint density at radius 2 is 1.65 bits per heavy atom. The van der Waals surface area contributed by atoms with E-state index in [2.05, 4.69) is 10.6 Å². The molecule has 4 N–H and O–H groups in total. The van der Waals surface area contributed by atoms with E-state index in [0.29, 0.717) is 37.2 Å².